The van der Waals surface area contributed by atoms with E-state index in [2.05, 4.69) is 10.4 Å². The number of morpholine rings is 1. The summed E-state index contributed by atoms with van der Waals surface area (Å²) in [4.78, 5) is 13.2. The maximum Gasteiger partial charge on any atom is 0.124 e. The molecular weight excluding hydrogens is 336 g/mol. The molecule has 3 rings (SSSR count). The molecule has 1 unspecified atom stereocenters. The van der Waals surface area contributed by atoms with Gasteiger partial charge in [-0.15, -0.1) is 0 Å². The van der Waals surface area contributed by atoms with Gasteiger partial charge in [-0.1, -0.05) is 0 Å². The van der Waals surface area contributed by atoms with E-state index in [4.69, 9.17) is 24.9 Å². The number of nitrogens with two attached hydrogens (primary N) is 1. The minimum atomic E-state index is -0.266. The van der Waals surface area contributed by atoms with Crippen LogP contribution in [0.5, 0.6) is 5.75 Å². The largest absolute Gasteiger partial charge is 0.493 e. The molecule has 1 saturated heterocycles. The van der Waals surface area contributed by atoms with Crippen LogP contribution in [-0.2, 0) is 20.8 Å². The lowest BCUT2D eigenvalue weighted by Gasteiger charge is -2.31. The summed E-state index contributed by atoms with van der Waals surface area (Å²) in [5, 5.41) is 1.72. The standard InChI is InChI=1S/C18H30N4O4/c1-23-20-15-12-14-5-9-26-17(14)13-16(15)22(24-2)18(19)4-3-6-21-7-10-25-11-8-21/h12-13,18,20H,3-11,19H2,1-2H3. The molecule has 26 heavy (non-hydrogen) atoms. The molecule has 8 heteroatoms. The molecule has 0 amide bonds. The molecule has 1 aromatic rings. The summed E-state index contributed by atoms with van der Waals surface area (Å²) in [5.41, 5.74) is 12.2. The number of hydrogen-bond acceptors (Lipinski definition) is 8. The average molecular weight is 366 g/mol. The Kier molecular flexibility index (Phi) is 6.93. The highest BCUT2D eigenvalue weighted by Gasteiger charge is 2.23. The third kappa shape index (κ3) is 4.57. The first-order chi connectivity index (χ1) is 12.7. The summed E-state index contributed by atoms with van der Waals surface area (Å²) in [6.07, 6.45) is 2.44. The fraction of sp³-hybridized carbons (Fsp3) is 0.667. The average Bonchev–Trinajstić information content (AvgIpc) is 3.11. The highest BCUT2D eigenvalue weighted by Crippen LogP contribution is 2.37. The normalized spacial score (nSPS) is 18.3. The first kappa shape index (κ1) is 19.2. The number of hydrogen-bond donors (Lipinski definition) is 2. The van der Waals surface area contributed by atoms with Crippen LogP contribution in [0.2, 0.25) is 0 Å². The fourth-order valence-electron chi connectivity index (χ4n) is 3.47. The lowest BCUT2D eigenvalue weighted by Crippen LogP contribution is -2.43. The fourth-order valence-corrected chi connectivity index (χ4v) is 3.47. The number of anilines is 2. The maximum absolute atomic E-state index is 6.43. The summed E-state index contributed by atoms with van der Waals surface area (Å²) in [6, 6.07) is 4.00. The van der Waals surface area contributed by atoms with E-state index in [1.807, 2.05) is 12.1 Å². The summed E-state index contributed by atoms with van der Waals surface area (Å²) in [5.74, 6) is 0.879. The Morgan fingerprint density at radius 3 is 2.81 bits per heavy atom. The van der Waals surface area contributed by atoms with Crippen molar-refractivity contribution in [3.8, 4) is 5.75 Å². The number of ether oxygens (including phenoxy) is 2. The quantitative estimate of drug-likeness (QED) is 0.501. The Hall–Kier alpha value is -1.58. The van der Waals surface area contributed by atoms with Crippen molar-refractivity contribution in [1.29, 1.82) is 0 Å². The van der Waals surface area contributed by atoms with Crippen LogP contribution in [0.15, 0.2) is 12.1 Å². The lowest BCUT2D eigenvalue weighted by molar-refractivity contribution is 0.0363. The molecule has 0 radical (unpaired) electrons. The van der Waals surface area contributed by atoms with Crippen LogP contribution in [0, 0.1) is 0 Å². The molecule has 0 spiro atoms. The smallest absolute Gasteiger partial charge is 0.124 e. The van der Waals surface area contributed by atoms with Gasteiger partial charge in [0.2, 0.25) is 0 Å². The summed E-state index contributed by atoms with van der Waals surface area (Å²) in [6.45, 7) is 5.34. The highest BCUT2D eigenvalue weighted by atomic mass is 16.7. The van der Waals surface area contributed by atoms with Crippen LogP contribution in [0.1, 0.15) is 18.4 Å². The van der Waals surface area contributed by atoms with Gasteiger partial charge in [-0.2, -0.15) is 0 Å². The third-order valence-electron chi connectivity index (χ3n) is 4.83. The molecule has 1 fully saturated rings. The molecule has 2 aliphatic rings. The minimum Gasteiger partial charge on any atom is -0.493 e. The first-order valence-corrected chi connectivity index (χ1v) is 9.20. The predicted molar refractivity (Wildman–Crippen MR) is 100 cm³/mol. The number of nitrogens with zero attached hydrogens (tertiary/aromatic N) is 2. The number of rotatable bonds is 9. The van der Waals surface area contributed by atoms with Crippen LogP contribution in [0.25, 0.3) is 0 Å². The SMILES string of the molecule is CONc1cc2c(cc1N(OC)C(N)CCCN1CCOCC1)OCC2. The molecule has 2 heterocycles. The highest BCUT2D eigenvalue weighted by molar-refractivity contribution is 5.73. The second-order valence-electron chi connectivity index (χ2n) is 6.55. The number of nitrogens with one attached hydrogen (secondary N) is 1. The molecule has 1 aromatic carbocycles. The van der Waals surface area contributed by atoms with E-state index in [-0.39, 0.29) is 6.17 Å². The van der Waals surface area contributed by atoms with Crippen molar-refractivity contribution < 1.29 is 19.1 Å². The zero-order valence-corrected chi connectivity index (χ0v) is 15.7. The van der Waals surface area contributed by atoms with Gasteiger partial charge in [0.05, 0.1) is 45.4 Å². The first-order valence-electron chi connectivity index (χ1n) is 9.20. The molecule has 0 aliphatic carbocycles. The van der Waals surface area contributed by atoms with Crippen LogP contribution in [0.4, 0.5) is 11.4 Å². The molecule has 0 aromatic heterocycles. The van der Waals surface area contributed by atoms with Gasteiger partial charge < -0.3 is 15.2 Å². The van der Waals surface area contributed by atoms with Crippen molar-refractivity contribution in [2.24, 2.45) is 5.73 Å². The van der Waals surface area contributed by atoms with E-state index in [0.717, 1.165) is 74.8 Å². The molecule has 8 nitrogen and oxygen atoms in total. The van der Waals surface area contributed by atoms with Crippen molar-refractivity contribution in [2.45, 2.75) is 25.4 Å². The zero-order chi connectivity index (χ0) is 18.4. The molecule has 0 bridgehead atoms. The van der Waals surface area contributed by atoms with E-state index in [0.29, 0.717) is 6.61 Å². The van der Waals surface area contributed by atoms with Crippen LogP contribution >= 0.6 is 0 Å². The summed E-state index contributed by atoms with van der Waals surface area (Å²) >= 11 is 0. The minimum absolute atomic E-state index is 0.266. The van der Waals surface area contributed by atoms with E-state index in [1.54, 1.807) is 19.3 Å². The number of benzene rings is 1. The van der Waals surface area contributed by atoms with E-state index in [9.17, 15) is 0 Å². The molecule has 2 aliphatic heterocycles. The Morgan fingerprint density at radius 1 is 1.27 bits per heavy atom. The van der Waals surface area contributed by atoms with Crippen molar-refractivity contribution in [1.82, 2.24) is 4.90 Å². The van der Waals surface area contributed by atoms with Gasteiger partial charge >= 0.3 is 0 Å². The summed E-state index contributed by atoms with van der Waals surface area (Å²) < 4.78 is 11.1. The summed E-state index contributed by atoms with van der Waals surface area (Å²) in [7, 11) is 3.22. The van der Waals surface area contributed by atoms with E-state index < -0.39 is 0 Å². The Morgan fingerprint density at radius 2 is 2.08 bits per heavy atom. The van der Waals surface area contributed by atoms with Gasteiger partial charge in [0, 0.05) is 25.6 Å². The zero-order valence-electron chi connectivity index (χ0n) is 15.7. The molecule has 146 valence electrons. The van der Waals surface area contributed by atoms with Gasteiger partial charge in [-0.3, -0.25) is 20.1 Å². The van der Waals surface area contributed by atoms with Gasteiger partial charge in [0.15, 0.2) is 0 Å². The van der Waals surface area contributed by atoms with Crippen molar-refractivity contribution in [2.75, 3.05) is 64.2 Å². The Balaban J connectivity index is 1.64. The maximum atomic E-state index is 6.43. The van der Waals surface area contributed by atoms with Crippen LogP contribution in [-0.4, -0.2) is 64.7 Å². The number of hydroxylamine groups is 1. The second kappa shape index (κ2) is 9.38. The molecular formula is C18H30N4O4. The van der Waals surface area contributed by atoms with Gasteiger partial charge in [-0.25, -0.2) is 5.06 Å². The molecule has 0 saturated carbocycles. The second-order valence-corrected chi connectivity index (χ2v) is 6.55. The third-order valence-corrected chi connectivity index (χ3v) is 4.83. The molecule has 3 N–H and O–H groups in total. The van der Waals surface area contributed by atoms with Gasteiger partial charge in [0.1, 0.15) is 11.9 Å². The van der Waals surface area contributed by atoms with E-state index in [1.165, 1.54) is 0 Å². The topological polar surface area (TPSA) is 81.5 Å². The van der Waals surface area contributed by atoms with Crippen LogP contribution < -0.4 is 21.0 Å². The number of fused-ring (bicyclic) bond motifs is 1. The van der Waals surface area contributed by atoms with Crippen LogP contribution in [0.3, 0.4) is 0 Å². The Bertz CT molecular complexity index is 581. The van der Waals surface area contributed by atoms with Crippen molar-refractivity contribution in [3.63, 3.8) is 0 Å². The van der Waals surface area contributed by atoms with Crippen molar-refractivity contribution in [3.05, 3.63) is 17.7 Å². The van der Waals surface area contributed by atoms with Crippen molar-refractivity contribution >= 4 is 11.4 Å². The van der Waals surface area contributed by atoms with Gasteiger partial charge in [-0.05, 0) is 31.0 Å². The van der Waals surface area contributed by atoms with Gasteiger partial charge in [0.25, 0.3) is 0 Å². The predicted octanol–water partition coefficient (Wildman–Crippen LogP) is 1.36. The molecule has 1 atom stereocenters. The Labute approximate surface area is 155 Å². The van der Waals surface area contributed by atoms with E-state index >= 15 is 0 Å². The lowest BCUT2D eigenvalue weighted by atomic mass is 10.1. The monoisotopic (exact) mass is 366 g/mol.